The average molecular weight is 253 g/mol. The average Bonchev–Trinajstić information content (AvgIpc) is 2.35. The van der Waals surface area contributed by atoms with Crippen LogP contribution in [-0.4, -0.2) is 18.3 Å². The monoisotopic (exact) mass is 253 g/mol. The maximum Gasteiger partial charge on any atom is 0.306 e. The minimum Gasteiger partial charge on any atom is -0.458 e. The van der Waals surface area contributed by atoms with Crippen molar-refractivity contribution < 1.29 is 18.7 Å². The molecule has 0 saturated heterocycles. The van der Waals surface area contributed by atoms with E-state index in [9.17, 15) is 14.0 Å². The van der Waals surface area contributed by atoms with Gasteiger partial charge in [-0.05, 0) is 24.6 Å². The highest BCUT2D eigenvalue weighted by molar-refractivity contribution is 5.84. The first kappa shape index (κ1) is 14.3. The van der Waals surface area contributed by atoms with Crippen LogP contribution in [0.5, 0.6) is 0 Å². The van der Waals surface area contributed by atoms with Gasteiger partial charge in [0.1, 0.15) is 17.7 Å². The number of esters is 1. The van der Waals surface area contributed by atoms with Gasteiger partial charge in [0.25, 0.3) is 0 Å². The van der Waals surface area contributed by atoms with E-state index in [1.165, 1.54) is 12.1 Å². The van der Waals surface area contributed by atoms with E-state index in [1.54, 1.807) is 19.1 Å². The molecule has 0 aliphatic heterocycles. The molecule has 98 valence electrons. The molecular formula is C13H16FNO3. The molecule has 0 spiro atoms. The lowest BCUT2D eigenvalue weighted by atomic mass is 10.1. The third-order valence-corrected chi connectivity index (χ3v) is 2.46. The Morgan fingerprint density at radius 3 is 2.72 bits per heavy atom. The molecule has 0 amide bonds. The molecule has 0 aliphatic rings. The Labute approximate surface area is 105 Å². The normalized spacial score (nSPS) is 11.9. The fourth-order valence-electron chi connectivity index (χ4n) is 1.43. The van der Waals surface area contributed by atoms with Crippen LogP contribution in [0, 0.1) is 5.82 Å². The molecule has 0 heterocycles. The van der Waals surface area contributed by atoms with Gasteiger partial charge in [-0.3, -0.25) is 9.59 Å². The first-order valence-electron chi connectivity index (χ1n) is 5.69. The maximum absolute atomic E-state index is 13.0. The molecule has 1 rings (SSSR count). The molecule has 0 saturated carbocycles. The van der Waals surface area contributed by atoms with E-state index < -0.39 is 12.1 Å². The quantitative estimate of drug-likeness (QED) is 0.784. The predicted octanol–water partition coefficient (Wildman–Crippen LogP) is 1.74. The summed E-state index contributed by atoms with van der Waals surface area (Å²) in [6.45, 7) is 1.57. The SMILES string of the molecule is CC(OC(=O)CCC(=O)CN)c1cccc(F)c1. The highest BCUT2D eigenvalue weighted by Crippen LogP contribution is 2.18. The summed E-state index contributed by atoms with van der Waals surface area (Å²) in [6, 6.07) is 5.85. The summed E-state index contributed by atoms with van der Waals surface area (Å²) in [5, 5.41) is 0. The Balaban J connectivity index is 2.47. The summed E-state index contributed by atoms with van der Waals surface area (Å²) in [5.74, 6) is -1.06. The lowest BCUT2D eigenvalue weighted by molar-refractivity contribution is -0.149. The number of hydrogen-bond donors (Lipinski definition) is 1. The van der Waals surface area contributed by atoms with Crippen LogP contribution in [0.2, 0.25) is 0 Å². The van der Waals surface area contributed by atoms with Crippen LogP contribution in [-0.2, 0) is 14.3 Å². The Bertz CT molecular complexity index is 434. The van der Waals surface area contributed by atoms with Crippen molar-refractivity contribution in [2.45, 2.75) is 25.9 Å². The van der Waals surface area contributed by atoms with Gasteiger partial charge >= 0.3 is 5.97 Å². The molecule has 1 aromatic carbocycles. The van der Waals surface area contributed by atoms with E-state index in [4.69, 9.17) is 10.5 Å². The molecule has 18 heavy (non-hydrogen) atoms. The third kappa shape index (κ3) is 4.63. The van der Waals surface area contributed by atoms with Gasteiger partial charge in [0.05, 0.1) is 13.0 Å². The van der Waals surface area contributed by atoms with Crippen LogP contribution in [0.1, 0.15) is 31.4 Å². The largest absolute Gasteiger partial charge is 0.458 e. The van der Waals surface area contributed by atoms with Gasteiger partial charge in [-0.25, -0.2) is 4.39 Å². The minimum absolute atomic E-state index is 0.00428. The summed E-state index contributed by atoms with van der Waals surface area (Å²) < 4.78 is 18.1. The van der Waals surface area contributed by atoms with Gasteiger partial charge < -0.3 is 10.5 Å². The zero-order valence-corrected chi connectivity index (χ0v) is 10.2. The van der Waals surface area contributed by atoms with E-state index in [1.807, 2.05) is 0 Å². The number of rotatable bonds is 6. The molecule has 1 aromatic rings. The molecule has 2 N–H and O–H groups in total. The zero-order chi connectivity index (χ0) is 13.5. The van der Waals surface area contributed by atoms with E-state index in [2.05, 4.69) is 0 Å². The summed E-state index contributed by atoms with van der Waals surface area (Å²) >= 11 is 0. The van der Waals surface area contributed by atoms with E-state index in [-0.39, 0.29) is 31.0 Å². The maximum atomic E-state index is 13.0. The van der Waals surface area contributed by atoms with Crippen molar-refractivity contribution in [3.05, 3.63) is 35.6 Å². The molecule has 0 radical (unpaired) electrons. The van der Waals surface area contributed by atoms with Gasteiger partial charge in [-0.15, -0.1) is 0 Å². The molecule has 0 fully saturated rings. The lowest BCUT2D eigenvalue weighted by Gasteiger charge is -2.13. The first-order chi connectivity index (χ1) is 8.52. The molecule has 0 aromatic heterocycles. The van der Waals surface area contributed by atoms with Crippen molar-refractivity contribution in [2.24, 2.45) is 5.73 Å². The minimum atomic E-state index is -0.541. The Morgan fingerprint density at radius 1 is 1.39 bits per heavy atom. The van der Waals surface area contributed by atoms with Gasteiger partial charge in [-0.1, -0.05) is 12.1 Å². The van der Waals surface area contributed by atoms with Gasteiger partial charge in [0.15, 0.2) is 0 Å². The van der Waals surface area contributed by atoms with E-state index in [0.717, 1.165) is 0 Å². The molecular weight excluding hydrogens is 237 g/mol. The van der Waals surface area contributed by atoms with Crippen molar-refractivity contribution in [1.29, 1.82) is 0 Å². The van der Waals surface area contributed by atoms with Crippen LogP contribution in [0.15, 0.2) is 24.3 Å². The molecule has 5 heteroatoms. The molecule has 0 aliphatic carbocycles. The number of ether oxygens (including phenoxy) is 1. The fourth-order valence-corrected chi connectivity index (χ4v) is 1.43. The number of carbonyl (C=O) groups is 2. The topological polar surface area (TPSA) is 69.4 Å². The second kappa shape index (κ2) is 6.86. The molecule has 4 nitrogen and oxygen atoms in total. The fraction of sp³-hybridized carbons (Fsp3) is 0.385. The number of benzene rings is 1. The number of carbonyl (C=O) groups excluding carboxylic acids is 2. The lowest BCUT2D eigenvalue weighted by Crippen LogP contribution is -2.16. The summed E-state index contributed by atoms with van der Waals surface area (Å²) in [5.41, 5.74) is 5.70. The number of nitrogens with two attached hydrogens (primary N) is 1. The van der Waals surface area contributed by atoms with Crippen molar-refractivity contribution >= 4 is 11.8 Å². The van der Waals surface area contributed by atoms with Gasteiger partial charge in [0, 0.05) is 6.42 Å². The van der Waals surface area contributed by atoms with Crippen LogP contribution >= 0.6 is 0 Å². The summed E-state index contributed by atoms with van der Waals surface area (Å²) in [4.78, 5) is 22.4. The summed E-state index contributed by atoms with van der Waals surface area (Å²) in [7, 11) is 0. The number of halogens is 1. The van der Waals surface area contributed by atoms with Crippen LogP contribution in [0.25, 0.3) is 0 Å². The Morgan fingerprint density at radius 2 is 2.11 bits per heavy atom. The van der Waals surface area contributed by atoms with Crippen LogP contribution < -0.4 is 5.73 Å². The van der Waals surface area contributed by atoms with Crippen molar-refractivity contribution in [3.8, 4) is 0 Å². The van der Waals surface area contributed by atoms with E-state index in [0.29, 0.717) is 5.56 Å². The smallest absolute Gasteiger partial charge is 0.306 e. The number of hydrogen-bond acceptors (Lipinski definition) is 4. The first-order valence-corrected chi connectivity index (χ1v) is 5.69. The van der Waals surface area contributed by atoms with Gasteiger partial charge in [-0.2, -0.15) is 0 Å². The molecule has 0 bridgehead atoms. The number of Topliss-reactive ketones (excluding diaryl/α,β-unsaturated/α-hetero) is 1. The van der Waals surface area contributed by atoms with Gasteiger partial charge in [0.2, 0.25) is 0 Å². The Kier molecular flexibility index (Phi) is 5.45. The van der Waals surface area contributed by atoms with Crippen LogP contribution in [0.4, 0.5) is 4.39 Å². The van der Waals surface area contributed by atoms with Crippen molar-refractivity contribution in [2.75, 3.05) is 6.54 Å². The highest BCUT2D eigenvalue weighted by Gasteiger charge is 2.13. The molecule has 1 atom stereocenters. The highest BCUT2D eigenvalue weighted by atomic mass is 19.1. The predicted molar refractivity (Wildman–Crippen MR) is 64.2 cm³/mol. The van der Waals surface area contributed by atoms with Crippen molar-refractivity contribution in [1.82, 2.24) is 0 Å². The second-order valence-electron chi connectivity index (χ2n) is 3.93. The third-order valence-electron chi connectivity index (χ3n) is 2.46. The zero-order valence-electron chi connectivity index (χ0n) is 10.2. The second-order valence-corrected chi connectivity index (χ2v) is 3.93. The standard InChI is InChI=1S/C13H16FNO3/c1-9(10-3-2-4-11(14)7-10)18-13(17)6-5-12(16)8-15/h2-4,7,9H,5-6,8,15H2,1H3. The summed E-state index contributed by atoms with van der Waals surface area (Å²) in [6.07, 6.45) is -0.470. The molecule has 1 unspecified atom stereocenters. The Hall–Kier alpha value is -1.75. The van der Waals surface area contributed by atoms with E-state index >= 15 is 0 Å². The number of ketones is 1. The van der Waals surface area contributed by atoms with Crippen LogP contribution in [0.3, 0.4) is 0 Å². The van der Waals surface area contributed by atoms with Crippen molar-refractivity contribution in [3.63, 3.8) is 0 Å².